The lowest BCUT2D eigenvalue weighted by Crippen LogP contribution is -2.02. The summed E-state index contributed by atoms with van der Waals surface area (Å²) in [7, 11) is 0. The van der Waals surface area contributed by atoms with Crippen molar-refractivity contribution in [3.63, 3.8) is 0 Å². The Kier molecular flexibility index (Phi) is 5.62. The summed E-state index contributed by atoms with van der Waals surface area (Å²) in [6.07, 6.45) is 2.07. The van der Waals surface area contributed by atoms with Crippen LogP contribution in [0.4, 0.5) is 11.4 Å². The minimum atomic E-state index is 0.473. The van der Waals surface area contributed by atoms with E-state index in [4.69, 9.17) is 11.5 Å². The van der Waals surface area contributed by atoms with Gasteiger partial charge in [-0.05, 0) is 71.2 Å². The normalized spacial score (nSPS) is 13.3. The molecule has 0 radical (unpaired) electrons. The average molecular weight is 345 g/mol. The molecule has 2 heteroatoms. The highest BCUT2D eigenvalue weighted by Crippen LogP contribution is 2.25. The van der Waals surface area contributed by atoms with E-state index in [1.54, 1.807) is 0 Å². The highest BCUT2D eigenvalue weighted by atomic mass is 14.5. The van der Waals surface area contributed by atoms with Crippen molar-refractivity contribution in [2.75, 3.05) is 11.5 Å². The first kappa shape index (κ1) is 18.1. The number of rotatable bonds is 6. The predicted octanol–water partition coefficient (Wildman–Crippen LogP) is 5.54. The van der Waals surface area contributed by atoms with E-state index in [2.05, 4.69) is 62.4 Å². The van der Waals surface area contributed by atoms with Crippen LogP contribution >= 0.6 is 0 Å². The van der Waals surface area contributed by atoms with Gasteiger partial charge >= 0.3 is 0 Å². The van der Waals surface area contributed by atoms with Crippen molar-refractivity contribution in [2.45, 2.75) is 38.5 Å². The molecule has 3 rings (SSSR count). The Bertz CT molecular complexity index is 766. The molecule has 0 saturated heterocycles. The standard InChI is InChI=1S/C24H28N2/c1-17(21-6-10-23(25)11-7-21)14-19-4-3-5-20(16-19)15-18(2)22-8-12-24(26)13-9-22/h3-13,16-18H,14-15,25-26H2,1-2H3. The highest BCUT2D eigenvalue weighted by Gasteiger charge is 2.10. The van der Waals surface area contributed by atoms with Crippen molar-refractivity contribution >= 4 is 11.4 Å². The molecule has 2 nitrogen and oxygen atoms in total. The molecule has 0 amide bonds. The average Bonchev–Trinajstić information content (AvgIpc) is 2.63. The molecule has 0 aliphatic rings. The first-order valence-electron chi connectivity index (χ1n) is 9.30. The van der Waals surface area contributed by atoms with Crippen LogP contribution in [0, 0.1) is 0 Å². The van der Waals surface area contributed by atoms with Crippen LogP contribution < -0.4 is 11.5 Å². The first-order valence-corrected chi connectivity index (χ1v) is 9.30. The van der Waals surface area contributed by atoms with Crippen molar-refractivity contribution in [1.29, 1.82) is 0 Å². The zero-order valence-electron chi connectivity index (χ0n) is 15.7. The molecular weight excluding hydrogens is 316 g/mol. The van der Waals surface area contributed by atoms with Gasteiger partial charge < -0.3 is 11.5 Å². The summed E-state index contributed by atoms with van der Waals surface area (Å²) in [6.45, 7) is 4.55. The Labute approximate surface area is 156 Å². The SMILES string of the molecule is CC(Cc1cccc(CC(C)c2ccc(N)cc2)c1)c1ccc(N)cc1. The third kappa shape index (κ3) is 4.66. The molecule has 3 aromatic rings. The number of benzene rings is 3. The first-order chi connectivity index (χ1) is 12.5. The lowest BCUT2D eigenvalue weighted by Gasteiger charge is -2.15. The van der Waals surface area contributed by atoms with Crippen LogP contribution in [0.25, 0.3) is 0 Å². The van der Waals surface area contributed by atoms with Crippen LogP contribution in [0.15, 0.2) is 72.8 Å². The molecule has 0 aromatic heterocycles. The van der Waals surface area contributed by atoms with Crippen LogP contribution in [-0.4, -0.2) is 0 Å². The second-order valence-corrected chi connectivity index (χ2v) is 7.36. The summed E-state index contributed by atoms with van der Waals surface area (Å²) in [5, 5.41) is 0. The van der Waals surface area contributed by atoms with Crippen LogP contribution in [0.1, 0.15) is 47.9 Å². The largest absolute Gasteiger partial charge is 0.399 e. The van der Waals surface area contributed by atoms with E-state index >= 15 is 0 Å². The fraction of sp³-hybridized carbons (Fsp3) is 0.250. The van der Waals surface area contributed by atoms with Crippen molar-refractivity contribution in [3.05, 3.63) is 95.1 Å². The summed E-state index contributed by atoms with van der Waals surface area (Å²) < 4.78 is 0. The van der Waals surface area contributed by atoms with Gasteiger partial charge in [0.25, 0.3) is 0 Å². The van der Waals surface area contributed by atoms with Gasteiger partial charge in [-0.3, -0.25) is 0 Å². The number of nitrogens with two attached hydrogens (primary N) is 2. The van der Waals surface area contributed by atoms with Crippen molar-refractivity contribution in [3.8, 4) is 0 Å². The molecule has 0 fully saturated rings. The fourth-order valence-electron chi connectivity index (χ4n) is 3.48. The molecule has 0 bridgehead atoms. The topological polar surface area (TPSA) is 52.0 Å². The highest BCUT2D eigenvalue weighted by molar-refractivity contribution is 5.41. The number of anilines is 2. The molecule has 3 aromatic carbocycles. The van der Waals surface area contributed by atoms with Gasteiger partial charge in [-0.1, -0.05) is 62.4 Å². The molecule has 0 spiro atoms. The smallest absolute Gasteiger partial charge is 0.0314 e. The Morgan fingerprint density at radius 3 is 1.38 bits per heavy atom. The summed E-state index contributed by atoms with van der Waals surface area (Å²) in [5.74, 6) is 0.945. The lowest BCUT2D eigenvalue weighted by molar-refractivity contribution is 0.744. The lowest BCUT2D eigenvalue weighted by atomic mass is 9.90. The van der Waals surface area contributed by atoms with E-state index in [9.17, 15) is 0 Å². The van der Waals surface area contributed by atoms with E-state index in [-0.39, 0.29) is 0 Å². The maximum Gasteiger partial charge on any atom is 0.0314 e. The Hall–Kier alpha value is -2.74. The fourth-order valence-corrected chi connectivity index (χ4v) is 3.48. The maximum absolute atomic E-state index is 5.79. The van der Waals surface area contributed by atoms with Gasteiger partial charge in [-0.2, -0.15) is 0 Å². The van der Waals surface area contributed by atoms with Crippen molar-refractivity contribution in [2.24, 2.45) is 0 Å². The van der Waals surface area contributed by atoms with Crippen LogP contribution in [0.2, 0.25) is 0 Å². The molecule has 0 aliphatic carbocycles. The zero-order chi connectivity index (χ0) is 18.5. The molecule has 2 atom stereocenters. The van der Waals surface area contributed by atoms with E-state index in [1.807, 2.05) is 24.3 Å². The van der Waals surface area contributed by atoms with E-state index in [0.29, 0.717) is 11.8 Å². The van der Waals surface area contributed by atoms with Gasteiger partial charge in [-0.25, -0.2) is 0 Å². The van der Waals surface area contributed by atoms with Gasteiger partial charge in [-0.15, -0.1) is 0 Å². The Balaban J connectivity index is 1.67. The van der Waals surface area contributed by atoms with Crippen LogP contribution in [-0.2, 0) is 12.8 Å². The van der Waals surface area contributed by atoms with Gasteiger partial charge in [0.1, 0.15) is 0 Å². The minimum Gasteiger partial charge on any atom is -0.399 e. The van der Waals surface area contributed by atoms with Gasteiger partial charge in [0.05, 0.1) is 0 Å². The Morgan fingerprint density at radius 2 is 1.00 bits per heavy atom. The third-order valence-electron chi connectivity index (χ3n) is 5.09. The Morgan fingerprint density at radius 1 is 0.615 bits per heavy atom. The third-order valence-corrected chi connectivity index (χ3v) is 5.09. The van der Waals surface area contributed by atoms with Gasteiger partial charge in [0.2, 0.25) is 0 Å². The van der Waals surface area contributed by atoms with Crippen LogP contribution in [0.5, 0.6) is 0 Å². The van der Waals surface area contributed by atoms with Crippen LogP contribution in [0.3, 0.4) is 0 Å². The molecule has 0 heterocycles. The number of hydrogen-bond acceptors (Lipinski definition) is 2. The second kappa shape index (κ2) is 8.09. The van der Waals surface area contributed by atoms with E-state index in [1.165, 1.54) is 22.3 Å². The monoisotopic (exact) mass is 344 g/mol. The van der Waals surface area contributed by atoms with E-state index < -0.39 is 0 Å². The van der Waals surface area contributed by atoms with Crippen molar-refractivity contribution < 1.29 is 0 Å². The molecular formula is C24H28N2. The van der Waals surface area contributed by atoms with Crippen molar-refractivity contribution in [1.82, 2.24) is 0 Å². The maximum atomic E-state index is 5.79. The molecule has 2 unspecified atom stereocenters. The van der Waals surface area contributed by atoms with Gasteiger partial charge in [0.15, 0.2) is 0 Å². The molecule has 134 valence electrons. The summed E-state index contributed by atoms with van der Waals surface area (Å²) in [4.78, 5) is 0. The molecule has 4 N–H and O–H groups in total. The zero-order valence-corrected chi connectivity index (χ0v) is 15.7. The predicted molar refractivity (Wildman–Crippen MR) is 112 cm³/mol. The van der Waals surface area contributed by atoms with Gasteiger partial charge in [0, 0.05) is 11.4 Å². The number of hydrogen-bond donors (Lipinski definition) is 2. The summed E-state index contributed by atoms with van der Waals surface area (Å²) >= 11 is 0. The molecule has 0 aliphatic heterocycles. The quantitative estimate of drug-likeness (QED) is 0.577. The second-order valence-electron chi connectivity index (χ2n) is 7.36. The minimum absolute atomic E-state index is 0.473. The summed E-state index contributed by atoms with van der Waals surface area (Å²) in [5.41, 5.74) is 18.7. The molecule has 26 heavy (non-hydrogen) atoms. The number of nitrogen functional groups attached to an aromatic ring is 2. The molecule has 0 saturated carbocycles. The summed E-state index contributed by atoms with van der Waals surface area (Å²) in [6, 6.07) is 25.4. The van der Waals surface area contributed by atoms with E-state index in [0.717, 1.165) is 24.2 Å².